The fourth-order valence-electron chi connectivity index (χ4n) is 3.88. The third-order valence-corrected chi connectivity index (χ3v) is 5.79. The van der Waals surface area contributed by atoms with E-state index < -0.39 is 33.8 Å². The maximum Gasteiger partial charge on any atom is 0.277 e. The highest BCUT2D eigenvalue weighted by atomic mass is 32.2. The number of benzene rings is 1. The van der Waals surface area contributed by atoms with Crippen molar-refractivity contribution in [3.8, 4) is 5.75 Å². The lowest BCUT2D eigenvalue weighted by molar-refractivity contribution is 0.0427. The summed E-state index contributed by atoms with van der Waals surface area (Å²) in [5, 5.41) is 5.22. The lowest BCUT2D eigenvalue weighted by Gasteiger charge is -2.41. The third kappa shape index (κ3) is 2.39. The summed E-state index contributed by atoms with van der Waals surface area (Å²) >= 11 is 0. The molecule has 2 unspecified atom stereocenters. The molecule has 2 N–H and O–H groups in total. The zero-order chi connectivity index (χ0) is 16.1. The van der Waals surface area contributed by atoms with Crippen molar-refractivity contribution in [1.82, 2.24) is 4.31 Å². The predicted octanol–water partition coefficient (Wildman–Crippen LogP) is 1.83. The molecule has 2 saturated heterocycles. The summed E-state index contributed by atoms with van der Waals surface area (Å²) in [7, 11) is -2.52. The monoisotopic (exact) mass is 332 g/mol. The first-order valence-electron chi connectivity index (χ1n) is 7.09. The van der Waals surface area contributed by atoms with Gasteiger partial charge in [-0.2, -0.15) is 12.7 Å². The Morgan fingerprint density at radius 2 is 1.91 bits per heavy atom. The number of hydrogen-bond acceptors (Lipinski definition) is 3. The van der Waals surface area contributed by atoms with Crippen LogP contribution < -0.4 is 9.88 Å². The molecule has 22 heavy (non-hydrogen) atoms. The molecule has 1 aromatic carbocycles. The molecule has 0 saturated carbocycles. The molecule has 2 aliphatic heterocycles. The smallest absolute Gasteiger partial charge is 0.277 e. The summed E-state index contributed by atoms with van der Waals surface area (Å²) in [6.45, 7) is 0. The van der Waals surface area contributed by atoms with E-state index in [9.17, 15) is 12.8 Å². The zero-order valence-corrected chi connectivity index (χ0v) is 12.9. The molecule has 0 amide bonds. The van der Waals surface area contributed by atoms with E-state index in [4.69, 9.17) is 9.88 Å². The summed E-state index contributed by atoms with van der Waals surface area (Å²) in [5.41, 5.74) is -2.08. The van der Waals surface area contributed by atoms with Gasteiger partial charge in [0.05, 0.1) is 12.7 Å². The Hall–Kier alpha value is -1.25. The van der Waals surface area contributed by atoms with Gasteiger partial charge in [-0.15, -0.1) is 0 Å². The van der Waals surface area contributed by atoms with Gasteiger partial charge in [-0.1, -0.05) is 6.07 Å². The van der Waals surface area contributed by atoms with Gasteiger partial charge in [0, 0.05) is 24.9 Å². The van der Waals surface area contributed by atoms with E-state index in [1.165, 1.54) is 29.6 Å². The lowest BCUT2D eigenvalue weighted by Crippen LogP contribution is -2.52. The second-order valence-corrected chi connectivity index (χ2v) is 7.40. The van der Waals surface area contributed by atoms with Crippen LogP contribution in [0.4, 0.5) is 8.78 Å². The third-order valence-electron chi connectivity index (χ3n) is 4.61. The first-order valence-corrected chi connectivity index (χ1v) is 8.60. The van der Waals surface area contributed by atoms with E-state index in [0.717, 1.165) is 0 Å². The number of halogens is 2. The van der Waals surface area contributed by atoms with Crippen molar-refractivity contribution in [3.05, 3.63) is 29.6 Å². The molecule has 0 spiro atoms. The molecule has 5 nitrogen and oxygen atoms in total. The quantitative estimate of drug-likeness (QED) is 0.918. The Morgan fingerprint density at radius 1 is 1.32 bits per heavy atom. The molecule has 0 aliphatic carbocycles. The molecule has 2 bridgehead atoms. The van der Waals surface area contributed by atoms with Crippen LogP contribution in [0.3, 0.4) is 0 Å². The summed E-state index contributed by atoms with van der Waals surface area (Å²) in [4.78, 5) is 0. The minimum absolute atomic E-state index is 0.114. The molecule has 8 heteroatoms. The molecule has 3 rings (SSSR count). The van der Waals surface area contributed by atoms with Gasteiger partial charge in [-0.05, 0) is 25.0 Å². The Labute approximate surface area is 128 Å². The van der Waals surface area contributed by atoms with E-state index in [2.05, 4.69) is 0 Å². The highest BCUT2D eigenvalue weighted by Gasteiger charge is 2.54. The summed E-state index contributed by atoms with van der Waals surface area (Å²) in [6.07, 6.45) is 0.835. The Bertz CT molecular complexity index is 681. The number of alkyl halides is 1. The van der Waals surface area contributed by atoms with Crippen LogP contribution in [0.2, 0.25) is 0 Å². The van der Waals surface area contributed by atoms with E-state index in [-0.39, 0.29) is 24.2 Å². The van der Waals surface area contributed by atoms with Crippen molar-refractivity contribution in [2.45, 2.75) is 43.4 Å². The van der Waals surface area contributed by atoms with E-state index in [1.54, 1.807) is 0 Å². The number of methoxy groups -OCH3 is 1. The molecule has 1 aromatic rings. The van der Waals surface area contributed by atoms with Crippen LogP contribution in [-0.2, 0) is 15.9 Å². The normalized spacial score (nSPS) is 32.2. The molecule has 122 valence electrons. The zero-order valence-electron chi connectivity index (χ0n) is 12.1. The second kappa shape index (κ2) is 5.14. The van der Waals surface area contributed by atoms with E-state index >= 15 is 4.39 Å². The van der Waals surface area contributed by atoms with Crippen molar-refractivity contribution < 1.29 is 21.9 Å². The van der Waals surface area contributed by atoms with Gasteiger partial charge in [0.25, 0.3) is 10.2 Å². The standard InChI is InChI=1S/C14H18F2N2O3S/c1-21-12-4-2-3-11(15)13(12)14(16)7-9-5-6-10(8-14)18(9)22(17,19)20/h2-4,9-10H,5-8H2,1H3,(H2,17,19,20). The highest BCUT2D eigenvalue weighted by Crippen LogP contribution is 2.51. The van der Waals surface area contributed by atoms with Crippen molar-refractivity contribution in [1.29, 1.82) is 0 Å². The maximum atomic E-state index is 15.5. The number of hydrogen-bond donors (Lipinski definition) is 1. The first-order chi connectivity index (χ1) is 10.3. The molecule has 0 aromatic heterocycles. The van der Waals surface area contributed by atoms with Gasteiger partial charge >= 0.3 is 0 Å². The lowest BCUT2D eigenvalue weighted by atomic mass is 9.82. The van der Waals surface area contributed by atoms with Gasteiger partial charge in [0.15, 0.2) is 0 Å². The summed E-state index contributed by atoms with van der Waals surface area (Å²) in [6, 6.07) is 3.07. The van der Waals surface area contributed by atoms with Crippen LogP contribution in [0.25, 0.3) is 0 Å². The number of nitrogens with zero attached hydrogens (tertiary/aromatic N) is 1. The Morgan fingerprint density at radius 3 is 2.41 bits per heavy atom. The fourth-order valence-corrected chi connectivity index (χ4v) is 5.07. The largest absolute Gasteiger partial charge is 0.496 e. The molecular formula is C14H18F2N2O3S. The van der Waals surface area contributed by atoms with Crippen molar-refractivity contribution in [2.24, 2.45) is 5.14 Å². The topological polar surface area (TPSA) is 72.6 Å². The van der Waals surface area contributed by atoms with Crippen molar-refractivity contribution in [2.75, 3.05) is 7.11 Å². The molecule has 2 heterocycles. The highest BCUT2D eigenvalue weighted by molar-refractivity contribution is 7.86. The van der Waals surface area contributed by atoms with Crippen LogP contribution >= 0.6 is 0 Å². The van der Waals surface area contributed by atoms with Crippen LogP contribution in [-0.4, -0.2) is 31.9 Å². The van der Waals surface area contributed by atoms with Crippen molar-refractivity contribution in [3.63, 3.8) is 0 Å². The van der Waals surface area contributed by atoms with Gasteiger partial charge in [0.1, 0.15) is 17.2 Å². The Kier molecular flexibility index (Phi) is 3.65. The summed E-state index contributed by atoms with van der Waals surface area (Å²) < 4.78 is 59.3. The number of fused-ring (bicyclic) bond motifs is 2. The predicted molar refractivity (Wildman–Crippen MR) is 76.7 cm³/mol. The maximum absolute atomic E-state index is 15.5. The van der Waals surface area contributed by atoms with Gasteiger partial charge in [0.2, 0.25) is 0 Å². The van der Waals surface area contributed by atoms with Crippen LogP contribution in [0.5, 0.6) is 5.75 Å². The molecule has 0 radical (unpaired) electrons. The van der Waals surface area contributed by atoms with Crippen LogP contribution in [0.15, 0.2) is 18.2 Å². The average Bonchev–Trinajstić information content (AvgIpc) is 2.72. The van der Waals surface area contributed by atoms with Crippen LogP contribution in [0.1, 0.15) is 31.2 Å². The number of ether oxygens (including phenoxy) is 1. The first kappa shape index (κ1) is 15.6. The SMILES string of the molecule is COc1cccc(F)c1C1(F)CC2CCC(C1)N2S(N)(=O)=O. The van der Waals surface area contributed by atoms with Gasteiger partial charge in [-0.25, -0.2) is 13.9 Å². The Balaban J connectivity index is 2.02. The summed E-state index contributed by atoms with van der Waals surface area (Å²) in [5.74, 6) is -0.531. The molecule has 2 atom stereocenters. The van der Waals surface area contributed by atoms with Gasteiger partial charge in [-0.3, -0.25) is 0 Å². The second-order valence-electron chi connectivity index (χ2n) is 5.95. The van der Waals surface area contributed by atoms with Crippen LogP contribution in [0, 0.1) is 5.82 Å². The number of rotatable bonds is 3. The minimum atomic E-state index is -3.88. The number of nitrogens with two attached hydrogens (primary N) is 1. The van der Waals surface area contributed by atoms with Gasteiger partial charge < -0.3 is 4.74 Å². The van der Waals surface area contributed by atoms with E-state index in [1.807, 2.05) is 0 Å². The van der Waals surface area contributed by atoms with Crippen molar-refractivity contribution >= 4 is 10.2 Å². The minimum Gasteiger partial charge on any atom is -0.496 e. The fraction of sp³-hybridized carbons (Fsp3) is 0.571. The molecule has 2 fully saturated rings. The molecule has 2 aliphatic rings. The molecular weight excluding hydrogens is 314 g/mol. The number of piperidine rings is 1. The average molecular weight is 332 g/mol. The van der Waals surface area contributed by atoms with E-state index in [0.29, 0.717) is 12.8 Å².